The van der Waals surface area contributed by atoms with Crippen molar-refractivity contribution in [2.24, 2.45) is 4.99 Å². The van der Waals surface area contributed by atoms with Gasteiger partial charge in [0.15, 0.2) is 5.96 Å². The topological polar surface area (TPSA) is 64.1 Å². The predicted molar refractivity (Wildman–Crippen MR) is 133 cm³/mol. The number of guanidine groups is 1. The number of aliphatic imine (C=N–C) groups is 1. The van der Waals surface area contributed by atoms with Gasteiger partial charge >= 0.3 is 0 Å². The standard InChI is InChI=1S/C23H33N3O3.HI/c1-5-28-11-12-29-17-20-8-6-7-19(14-20)15-25-23(24-3)26-16-21-10-9-18(2)13-22(21)27-4;/h6-10,13-14H,5,11-12,15-17H2,1-4H3,(H2,24,25,26);1H. The van der Waals surface area contributed by atoms with Crippen LogP contribution in [0.3, 0.4) is 0 Å². The first-order chi connectivity index (χ1) is 14.2. The molecule has 0 bridgehead atoms. The van der Waals surface area contributed by atoms with Gasteiger partial charge in [0.05, 0.1) is 26.9 Å². The van der Waals surface area contributed by atoms with Crippen molar-refractivity contribution in [3.63, 3.8) is 0 Å². The molecule has 0 fully saturated rings. The first-order valence-electron chi connectivity index (χ1n) is 9.97. The number of nitrogens with zero attached hydrogens (tertiary/aromatic N) is 1. The number of hydrogen-bond donors (Lipinski definition) is 2. The number of hydrogen-bond acceptors (Lipinski definition) is 4. The second-order valence-corrected chi connectivity index (χ2v) is 6.66. The van der Waals surface area contributed by atoms with Crippen LogP contribution >= 0.6 is 24.0 Å². The molecule has 0 amide bonds. The molecular weight excluding hydrogens is 493 g/mol. The Labute approximate surface area is 197 Å². The molecule has 0 radical (unpaired) electrons. The smallest absolute Gasteiger partial charge is 0.191 e. The molecule has 166 valence electrons. The van der Waals surface area contributed by atoms with Crippen LogP contribution in [0, 0.1) is 6.92 Å². The lowest BCUT2D eigenvalue weighted by atomic mass is 10.1. The number of ether oxygens (including phenoxy) is 3. The van der Waals surface area contributed by atoms with Crippen LogP contribution in [0.1, 0.15) is 29.2 Å². The molecule has 2 N–H and O–H groups in total. The number of methoxy groups -OCH3 is 1. The highest BCUT2D eigenvalue weighted by molar-refractivity contribution is 14.0. The van der Waals surface area contributed by atoms with Crippen molar-refractivity contribution in [2.45, 2.75) is 33.5 Å². The van der Waals surface area contributed by atoms with Gasteiger partial charge in [-0.25, -0.2) is 0 Å². The van der Waals surface area contributed by atoms with Crippen LogP contribution in [0.15, 0.2) is 47.5 Å². The molecule has 0 aromatic heterocycles. The molecule has 0 aliphatic carbocycles. The summed E-state index contributed by atoms with van der Waals surface area (Å²) in [5, 5.41) is 6.69. The minimum atomic E-state index is 0. The molecular formula is C23H34IN3O3. The SMILES string of the molecule is CCOCCOCc1cccc(CNC(=NC)NCc2ccc(C)cc2OC)c1.I. The fourth-order valence-electron chi connectivity index (χ4n) is 2.86. The maximum absolute atomic E-state index is 5.65. The summed E-state index contributed by atoms with van der Waals surface area (Å²) in [5.74, 6) is 1.62. The summed E-state index contributed by atoms with van der Waals surface area (Å²) in [6, 6.07) is 14.5. The molecule has 2 aromatic rings. The third-order valence-electron chi connectivity index (χ3n) is 4.41. The van der Waals surface area contributed by atoms with Crippen LogP contribution in [0.25, 0.3) is 0 Å². The van der Waals surface area contributed by atoms with Crippen molar-refractivity contribution in [1.82, 2.24) is 10.6 Å². The highest BCUT2D eigenvalue weighted by Gasteiger charge is 2.05. The summed E-state index contributed by atoms with van der Waals surface area (Å²) in [4.78, 5) is 4.31. The molecule has 0 unspecified atom stereocenters. The Morgan fingerprint density at radius 1 is 0.967 bits per heavy atom. The molecule has 0 spiro atoms. The third-order valence-corrected chi connectivity index (χ3v) is 4.41. The molecule has 0 atom stereocenters. The van der Waals surface area contributed by atoms with E-state index in [0.29, 0.717) is 32.9 Å². The average Bonchev–Trinajstić information content (AvgIpc) is 2.74. The second kappa shape index (κ2) is 15.0. The van der Waals surface area contributed by atoms with Gasteiger partial charge in [-0.15, -0.1) is 24.0 Å². The molecule has 2 aromatic carbocycles. The van der Waals surface area contributed by atoms with E-state index < -0.39 is 0 Å². The predicted octanol–water partition coefficient (Wildman–Crippen LogP) is 4.04. The zero-order chi connectivity index (χ0) is 20.9. The number of aryl methyl sites for hydroxylation is 1. The van der Waals surface area contributed by atoms with Gasteiger partial charge in [-0.1, -0.05) is 36.4 Å². The van der Waals surface area contributed by atoms with Crippen molar-refractivity contribution in [3.05, 3.63) is 64.7 Å². The summed E-state index contributed by atoms with van der Waals surface area (Å²) in [6.45, 7) is 7.89. The Morgan fingerprint density at radius 3 is 2.43 bits per heavy atom. The minimum absolute atomic E-state index is 0. The Kier molecular flexibility index (Phi) is 13.1. The fourth-order valence-corrected chi connectivity index (χ4v) is 2.86. The Morgan fingerprint density at radius 2 is 1.70 bits per heavy atom. The van der Waals surface area contributed by atoms with Crippen LogP contribution in [-0.4, -0.2) is 39.9 Å². The van der Waals surface area contributed by atoms with E-state index in [1.165, 1.54) is 11.1 Å². The van der Waals surface area contributed by atoms with Gasteiger partial charge in [-0.2, -0.15) is 0 Å². The zero-order valence-corrected chi connectivity index (χ0v) is 20.7. The van der Waals surface area contributed by atoms with Crippen LogP contribution in [0.2, 0.25) is 0 Å². The van der Waals surface area contributed by atoms with E-state index in [0.717, 1.165) is 29.4 Å². The van der Waals surface area contributed by atoms with Crippen molar-refractivity contribution in [2.75, 3.05) is 34.0 Å². The van der Waals surface area contributed by atoms with Crippen molar-refractivity contribution in [3.8, 4) is 5.75 Å². The Hall–Kier alpha value is -1.84. The van der Waals surface area contributed by atoms with Gasteiger partial charge in [-0.3, -0.25) is 4.99 Å². The molecule has 0 heterocycles. The average molecular weight is 527 g/mol. The van der Waals surface area contributed by atoms with Crippen molar-refractivity contribution in [1.29, 1.82) is 0 Å². The molecule has 0 aliphatic heterocycles. The van der Waals surface area contributed by atoms with Crippen LogP contribution in [0.4, 0.5) is 0 Å². The summed E-state index contributed by atoms with van der Waals surface area (Å²) < 4.78 is 16.4. The lowest BCUT2D eigenvalue weighted by Crippen LogP contribution is -2.36. The number of nitrogens with one attached hydrogen (secondary N) is 2. The Bertz CT molecular complexity index is 784. The normalized spacial score (nSPS) is 11.0. The first kappa shape index (κ1) is 26.2. The van der Waals surface area contributed by atoms with E-state index >= 15 is 0 Å². The molecule has 6 nitrogen and oxygen atoms in total. The highest BCUT2D eigenvalue weighted by atomic mass is 127. The first-order valence-corrected chi connectivity index (χ1v) is 9.97. The van der Waals surface area contributed by atoms with Gasteiger partial charge in [0, 0.05) is 32.3 Å². The van der Waals surface area contributed by atoms with Gasteiger partial charge < -0.3 is 24.8 Å². The maximum atomic E-state index is 5.65. The van der Waals surface area contributed by atoms with Crippen LogP contribution in [0.5, 0.6) is 5.75 Å². The Balaban J connectivity index is 0.00000450. The number of rotatable bonds is 11. The lowest BCUT2D eigenvalue weighted by Gasteiger charge is -2.14. The molecule has 30 heavy (non-hydrogen) atoms. The third kappa shape index (κ3) is 9.32. The lowest BCUT2D eigenvalue weighted by molar-refractivity contribution is 0.0453. The molecule has 7 heteroatoms. The molecule has 0 aliphatic rings. The second-order valence-electron chi connectivity index (χ2n) is 6.66. The van der Waals surface area contributed by atoms with Crippen molar-refractivity contribution >= 4 is 29.9 Å². The van der Waals surface area contributed by atoms with Gasteiger partial charge in [-0.05, 0) is 36.6 Å². The van der Waals surface area contributed by atoms with E-state index in [4.69, 9.17) is 14.2 Å². The minimum Gasteiger partial charge on any atom is -0.496 e. The van der Waals surface area contributed by atoms with Gasteiger partial charge in [0.25, 0.3) is 0 Å². The fraction of sp³-hybridized carbons (Fsp3) is 0.435. The highest BCUT2D eigenvalue weighted by Crippen LogP contribution is 2.19. The van der Waals surface area contributed by atoms with Gasteiger partial charge in [0.1, 0.15) is 5.75 Å². The monoisotopic (exact) mass is 527 g/mol. The molecule has 0 saturated carbocycles. The van der Waals surface area contributed by atoms with E-state index in [1.807, 2.05) is 19.1 Å². The summed E-state index contributed by atoms with van der Waals surface area (Å²) in [5.41, 5.74) is 4.59. The molecule has 2 rings (SSSR count). The largest absolute Gasteiger partial charge is 0.496 e. The summed E-state index contributed by atoms with van der Waals surface area (Å²) in [6.07, 6.45) is 0. The van der Waals surface area contributed by atoms with E-state index in [-0.39, 0.29) is 24.0 Å². The van der Waals surface area contributed by atoms with Crippen LogP contribution < -0.4 is 15.4 Å². The van der Waals surface area contributed by atoms with E-state index in [9.17, 15) is 0 Å². The zero-order valence-electron chi connectivity index (χ0n) is 18.4. The van der Waals surface area contributed by atoms with Gasteiger partial charge in [0.2, 0.25) is 0 Å². The number of halogens is 1. The quantitative estimate of drug-likeness (QED) is 0.200. The maximum Gasteiger partial charge on any atom is 0.191 e. The van der Waals surface area contributed by atoms with E-state index in [2.05, 4.69) is 52.9 Å². The van der Waals surface area contributed by atoms with E-state index in [1.54, 1.807) is 14.2 Å². The number of benzene rings is 2. The summed E-state index contributed by atoms with van der Waals surface area (Å²) in [7, 11) is 3.46. The molecule has 0 saturated heterocycles. The van der Waals surface area contributed by atoms with Crippen LogP contribution in [-0.2, 0) is 29.2 Å². The van der Waals surface area contributed by atoms with Crippen molar-refractivity contribution < 1.29 is 14.2 Å². The summed E-state index contributed by atoms with van der Waals surface area (Å²) >= 11 is 0.